The van der Waals surface area contributed by atoms with E-state index in [4.69, 9.17) is 0 Å². The van der Waals surface area contributed by atoms with Crippen molar-refractivity contribution < 1.29 is 4.79 Å². The van der Waals surface area contributed by atoms with Crippen molar-refractivity contribution in [1.29, 1.82) is 0 Å². The lowest BCUT2D eigenvalue weighted by molar-refractivity contribution is 0.104. The second kappa shape index (κ2) is 8.60. The van der Waals surface area contributed by atoms with Crippen LogP contribution in [0.3, 0.4) is 0 Å². The summed E-state index contributed by atoms with van der Waals surface area (Å²) in [6, 6.07) is 6.03. The Labute approximate surface area is 165 Å². The van der Waals surface area contributed by atoms with Gasteiger partial charge in [0.1, 0.15) is 11.5 Å². The van der Waals surface area contributed by atoms with E-state index < -0.39 is 0 Å². The van der Waals surface area contributed by atoms with Crippen LogP contribution in [-0.2, 0) is 0 Å². The van der Waals surface area contributed by atoms with Gasteiger partial charge in [-0.15, -0.1) is 0 Å². The maximum absolute atomic E-state index is 12.7. The van der Waals surface area contributed by atoms with Gasteiger partial charge in [0.05, 0.1) is 0 Å². The highest BCUT2D eigenvalue weighted by atomic mass is 16.2. The number of nitrogens with one attached hydrogen (secondary N) is 1. The SMILES string of the molecule is Cc1nc(NC(=O)N2CCC(N3CCCCC3)CC2)nc(-c2ccccn2)n1. The lowest BCUT2D eigenvalue weighted by Crippen LogP contribution is -2.49. The quantitative estimate of drug-likeness (QED) is 0.880. The fourth-order valence-electron chi connectivity index (χ4n) is 4.04. The molecule has 2 saturated heterocycles. The highest BCUT2D eigenvalue weighted by Crippen LogP contribution is 2.21. The van der Waals surface area contributed by atoms with Crippen molar-refractivity contribution in [2.75, 3.05) is 31.5 Å². The van der Waals surface area contributed by atoms with Gasteiger partial charge in [0.2, 0.25) is 5.95 Å². The molecule has 2 aliphatic rings. The van der Waals surface area contributed by atoms with Gasteiger partial charge in [-0.25, -0.2) is 9.78 Å². The second-order valence-corrected chi connectivity index (χ2v) is 7.49. The molecular weight excluding hydrogens is 354 g/mol. The van der Waals surface area contributed by atoms with E-state index in [0.717, 1.165) is 25.9 Å². The van der Waals surface area contributed by atoms with Gasteiger partial charge in [0.15, 0.2) is 5.82 Å². The minimum atomic E-state index is -0.144. The minimum absolute atomic E-state index is 0.144. The van der Waals surface area contributed by atoms with Crippen LogP contribution in [0.15, 0.2) is 24.4 Å². The summed E-state index contributed by atoms with van der Waals surface area (Å²) in [6.45, 7) is 5.73. The predicted molar refractivity (Wildman–Crippen MR) is 107 cm³/mol. The van der Waals surface area contributed by atoms with E-state index in [-0.39, 0.29) is 12.0 Å². The van der Waals surface area contributed by atoms with Gasteiger partial charge < -0.3 is 9.80 Å². The number of aromatic nitrogens is 4. The maximum atomic E-state index is 12.7. The zero-order chi connectivity index (χ0) is 19.3. The molecule has 0 radical (unpaired) electrons. The zero-order valence-electron chi connectivity index (χ0n) is 16.3. The Balaban J connectivity index is 1.37. The number of hydrogen-bond donors (Lipinski definition) is 1. The van der Waals surface area contributed by atoms with Crippen molar-refractivity contribution in [2.45, 2.75) is 45.1 Å². The molecule has 28 heavy (non-hydrogen) atoms. The van der Waals surface area contributed by atoms with Crippen LogP contribution in [0.25, 0.3) is 11.5 Å². The Morgan fingerprint density at radius 2 is 1.82 bits per heavy atom. The fourth-order valence-corrected chi connectivity index (χ4v) is 4.04. The molecule has 0 unspecified atom stereocenters. The number of likely N-dealkylation sites (tertiary alicyclic amines) is 2. The first-order chi connectivity index (χ1) is 13.7. The van der Waals surface area contributed by atoms with Gasteiger partial charge in [-0.1, -0.05) is 12.5 Å². The molecule has 0 atom stereocenters. The van der Waals surface area contributed by atoms with E-state index in [0.29, 0.717) is 23.4 Å². The number of urea groups is 1. The number of hydrogen-bond acceptors (Lipinski definition) is 6. The molecule has 2 aromatic heterocycles. The summed E-state index contributed by atoms with van der Waals surface area (Å²) in [4.78, 5) is 34.4. The molecule has 4 heterocycles. The van der Waals surface area contributed by atoms with Crippen LogP contribution in [0.1, 0.15) is 37.9 Å². The van der Waals surface area contributed by atoms with Crippen molar-refractivity contribution in [3.63, 3.8) is 0 Å². The highest BCUT2D eigenvalue weighted by molar-refractivity contribution is 5.87. The summed E-state index contributed by atoms with van der Waals surface area (Å²) in [5.41, 5.74) is 0.658. The van der Waals surface area contributed by atoms with Gasteiger partial charge in [-0.3, -0.25) is 10.3 Å². The van der Waals surface area contributed by atoms with E-state index in [1.807, 2.05) is 23.1 Å². The van der Waals surface area contributed by atoms with E-state index >= 15 is 0 Å². The van der Waals surface area contributed by atoms with E-state index in [2.05, 4.69) is 30.2 Å². The topological polar surface area (TPSA) is 87.1 Å². The van der Waals surface area contributed by atoms with E-state index in [1.165, 1.54) is 32.4 Å². The van der Waals surface area contributed by atoms with Crippen LogP contribution >= 0.6 is 0 Å². The first-order valence-corrected chi connectivity index (χ1v) is 10.1. The Morgan fingerprint density at radius 1 is 1.04 bits per heavy atom. The second-order valence-electron chi connectivity index (χ2n) is 7.49. The molecule has 148 valence electrons. The number of aryl methyl sites for hydroxylation is 1. The van der Waals surface area contributed by atoms with Crippen molar-refractivity contribution >= 4 is 12.0 Å². The first kappa shape index (κ1) is 18.7. The van der Waals surface area contributed by atoms with Crippen LogP contribution in [-0.4, -0.2) is 68.0 Å². The third-order valence-corrected chi connectivity index (χ3v) is 5.52. The molecule has 0 spiro atoms. The number of carbonyl (C=O) groups excluding carboxylic acids is 1. The van der Waals surface area contributed by atoms with E-state index in [9.17, 15) is 4.79 Å². The molecular formula is C20H27N7O. The molecule has 2 aromatic rings. The van der Waals surface area contributed by atoms with Crippen LogP contribution in [0.2, 0.25) is 0 Å². The fraction of sp³-hybridized carbons (Fsp3) is 0.550. The number of piperidine rings is 2. The Kier molecular flexibility index (Phi) is 5.76. The molecule has 8 heteroatoms. The van der Waals surface area contributed by atoms with Crippen molar-refractivity contribution in [2.24, 2.45) is 0 Å². The summed E-state index contributed by atoms with van der Waals surface area (Å²) in [7, 11) is 0. The molecule has 2 amide bonds. The monoisotopic (exact) mass is 381 g/mol. The molecule has 2 fully saturated rings. The van der Waals surface area contributed by atoms with Crippen molar-refractivity contribution in [3.05, 3.63) is 30.2 Å². The third kappa shape index (κ3) is 4.44. The lowest BCUT2D eigenvalue weighted by atomic mass is 10.0. The molecule has 1 N–H and O–H groups in total. The van der Waals surface area contributed by atoms with Gasteiger partial charge in [0, 0.05) is 25.3 Å². The summed E-state index contributed by atoms with van der Waals surface area (Å²) >= 11 is 0. The van der Waals surface area contributed by atoms with Gasteiger partial charge in [-0.05, 0) is 57.8 Å². The molecule has 8 nitrogen and oxygen atoms in total. The molecule has 0 saturated carbocycles. The smallest absolute Gasteiger partial charge is 0.324 e. The normalized spacial score (nSPS) is 18.8. The molecule has 2 aliphatic heterocycles. The average Bonchev–Trinajstić information content (AvgIpc) is 2.75. The van der Waals surface area contributed by atoms with Gasteiger partial charge in [0.25, 0.3) is 0 Å². The average molecular weight is 381 g/mol. The molecule has 0 bridgehead atoms. The third-order valence-electron chi connectivity index (χ3n) is 5.52. The Bertz CT molecular complexity index is 799. The summed E-state index contributed by atoms with van der Waals surface area (Å²) in [6.07, 6.45) is 7.71. The standard InChI is InChI=1S/C20H27N7O/c1-15-22-18(17-7-3-4-10-21-17)24-19(23-15)25-20(28)27-13-8-16(9-14-27)26-11-5-2-6-12-26/h3-4,7,10,16H,2,5-6,8-9,11-14H2,1H3,(H,22,23,24,25,28). The summed E-state index contributed by atoms with van der Waals surface area (Å²) in [5.74, 6) is 1.29. The number of carbonyl (C=O) groups is 1. The lowest BCUT2D eigenvalue weighted by Gasteiger charge is -2.40. The molecule has 0 aromatic carbocycles. The van der Waals surface area contributed by atoms with Crippen LogP contribution in [0.4, 0.5) is 10.7 Å². The summed E-state index contributed by atoms with van der Waals surface area (Å²) < 4.78 is 0. The number of nitrogens with zero attached hydrogens (tertiary/aromatic N) is 6. The highest BCUT2D eigenvalue weighted by Gasteiger charge is 2.28. The number of anilines is 1. The van der Waals surface area contributed by atoms with Crippen LogP contribution in [0, 0.1) is 6.92 Å². The number of amides is 2. The minimum Gasteiger partial charge on any atom is -0.324 e. The Hall–Kier alpha value is -2.61. The van der Waals surface area contributed by atoms with Crippen molar-refractivity contribution in [3.8, 4) is 11.5 Å². The predicted octanol–water partition coefficient (Wildman–Crippen LogP) is 2.72. The van der Waals surface area contributed by atoms with E-state index in [1.54, 1.807) is 13.1 Å². The largest absolute Gasteiger partial charge is 0.324 e. The summed E-state index contributed by atoms with van der Waals surface area (Å²) in [5, 5.41) is 2.84. The van der Waals surface area contributed by atoms with Gasteiger partial charge in [-0.2, -0.15) is 9.97 Å². The maximum Gasteiger partial charge on any atom is 0.324 e. The number of rotatable bonds is 3. The first-order valence-electron chi connectivity index (χ1n) is 10.1. The molecule has 4 rings (SSSR count). The van der Waals surface area contributed by atoms with Crippen LogP contribution in [0.5, 0.6) is 0 Å². The zero-order valence-corrected chi connectivity index (χ0v) is 16.3. The Morgan fingerprint density at radius 3 is 2.54 bits per heavy atom. The number of pyridine rings is 1. The van der Waals surface area contributed by atoms with Gasteiger partial charge >= 0.3 is 6.03 Å². The van der Waals surface area contributed by atoms with Crippen molar-refractivity contribution in [1.82, 2.24) is 29.7 Å². The molecule has 0 aliphatic carbocycles. The van der Waals surface area contributed by atoms with Crippen LogP contribution < -0.4 is 5.32 Å².